The predicted octanol–water partition coefficient (Wildman–Crippen LogP) is 4.69. The molecule has 0 aliphatic carbocycles. The van der Waals surface area contributed by atoms with E-state index in [1.165, 1.54) is 0 Å². The maximum atomic E-state index is 12.0. The lowest BCUT2D eigenvalue weighted by atomic mass is 10.1. The molecule has 0 aliphatic heterocycles. The zero-order valence-corrected chi connectivity index (χ0v) is 15.0. The Morgan fingerprint density at radius 2 is 2.18 bits per heavy atom. The highest BCUT2D eigenvalue weighted by atomic mass is 79.9. The van der Waals surface area contributed by atoms with Crippen molar-refractivity contribution in [1.82, 2.24) is 15.3 Å². The second kappa shape index (κ2) is 6.69. The molecule has 22 heavy (non-hydrogen) atoms. The third-order valence-corrected chi connectivity index (χ3v) is 3.55. The predicted molar refractivity (Wildman–Crippen MR) is 90.8 cm³/mol. The summed E-state index contributed by atoms with van der Waals surface area (Å²) in [5, 5.41) is 2.90. The summed E-state index contributed by atoms with van der Waals surface area (Å²) in [5.41, 5.74) is 1.31. The van der Waals surface area contributed by atoms with Crippen molar-refractivity contribution < 1.29 is 9.53 Å². The number of nitrogens with zero attached hydrogens (tertiary/aromatic N) is 1. The van der Waals surface area contributed by atoms with E-state index < -0.39 is 11.7 Å². The second-order valence-electron chi connectivity index (χ2n) is 6.27. The summed E-state index contributed by atoms with van der Waals surface area (Å²) >= 11 is 3.45. The third-order valence-electron chi connectivity index (χ3n) is 3.06. The van der Waals surface area contributed by atoms with Crippen LogP contribution in [0.5, 0.6) is 0 Å². The lowest BCUT2D eigenvalue weighted by molar-refractivity contribution is 0.0498. The normalized spacial score (nSPS) is 13.1. The van der Waals surface area contributed by atoms with Gasteiger partial charge in [0.15, 0.2) is 0 Å². The van der Waals surface area contributed by atoms with E-state index in [4.69, 9.17) is 4.74 Å². The number of alkyl carbamates (subject to hydrolysis) is 1. The molecule has 2 aromatic rings. The Labute approximate surface area is 139 Å². The molecular formula is C16H22BrN3O2. The van der Waals surface area contributed by atoms with Gasteiger partial charge in [-0.2, -0.15) is 0 Å². The Morgan fingerprint density at radius 3 is 2.82 bits per heavy atom. The van der Waals surface area contributed by atoms with Crippen molar-refractivity contribution in [3.8, 4) is 0 Å². The summed E-state index contributed by atoms with van der Waals surface area (Å²) in [5.74, 6) is 0.751. The average Bonchev–Trinajstić information content (AvgIpc) is 2.78. The number of fused-ring (bicyclic) bond motifs is 1. The zero-order valence-electron chi connectivity index (χ0n) is 13.4. The van der Waals surface area contributed by atoms with Crippen LogP contribution in [0.2, 0.25) is 0 Å². The maximum absolute atomic E-state index is 12.0. The molecule has 0 saturated carbocycles. The molecule has 0 fully saturated rings. The monoisotopic (exact) mass is 367 g/mol. The highest BCUT2D eigenvalue weighted by molar-refractivity contribution is 9.10. The average molecular weight is 368 g/mol. The number of imidazole rings is 1. The van der Waals surface area contributed by atoms with E-state index in [0.717, 1.165) is 34.2 Å². The van der Waals surface area contributed by atoms with Gasteiger partial charge in [-0.3, -0.25) is 0 Å². The smallest absolute Gasteiger partial charge is 0.408 e. The molecule has 2 rings (SSSR count). The van der Waals surface area contributed by atoms with Gasteiger partial charge < -0.3 is 15.0 Å². The molecule has 1 aromatic carbocycles. The van der Waals surface area contributed by atoms with Crippen molar-refractivity contribution in [2.75, 3.05) is 0 Å². The number of carbonyl (C=O) groups excluding carboxylic acids is 1. The third kappa shape index (κ3) is 4.47. The van der Waals surface area contributed by atoms with Crippen LogP contribution in [-0.4, -0.2) is 21.7 Å². The topological polar surface area (TPSA) is 67.0 Å². The van der Waals surface area contributed by atoms with Gasteiger partial charge >= 0.3 is 6.09 Å². The number of aromatic nitrogens is 2. The van der Waals surface area contributed by atoms with Crippen molar-refractivity contribution in [2.24, 2.45) is 0 Å². The first-order chi connectivity index (χ1) is 10.3. The number of hydrogen-bond donors (Lipinski definition) is 2. The first kappa shape index (κ1) is 16.8. The molecule has 1 heterocycles. The van der Waals surface area contributed by atoms with Gasteiger partial charge in [0.25, 0.3) is 0 Å². The first-order valence-electron chi connectivity index (χ1n) is 7.43. The summed E-state index contributed by atoms with van der Waals surface area (Å²) in [6, 6.07) is 5.67. The van der Waals surface area contributed by atoms with E-state index in [-0.39, 0.29) is 6.04 Å². The molecular weight excluding hydrogens is 346 g/mol. The van der Waals surface area contributed by atoms with E-state index >= 15 is 0 Å². The fourth-order valence-corrected chi connectivity index (χ4v) is 2.54. The highest BCUT2D eigenvalue weighted by Gasteiger charge is 2.22. The number of halogens is 1. The van der Waals surface area contributed by atoms with Crippen LogP contribution in [0, 0.1) is 0 Å². The van der Waals surface area contributed by atoms with Crippen LogP contribution in [0.3, 0.4) is 0 Å². The van der Waals surface area contributed by atoms with Gasteiger partial charge in [0.05, 0.1) is 17.1 Å². The summed E-state index contributed by atoms with van der Waals surface area (Å²) in [6.45, 7) is 7.61. The number of H-pyrrole nitrogens is 1. The second-order valence-corrected chi connectivity index (χ2v) is 7.19. The van der Waals surface area contributed by atoms with Crippen molar-refractivity contribution >= 4 is 33.1 Å². The summed E-state index contributed by atoms with van der Waals surface area (Å²) < 4.78 is 6.32. The zero-order chi connectivity index (χ0) is 16.3. The highest BCUT2D eigenvalue weighted by Crippen LogP contribution is 2.23. The number of nitrogens with one attached hydrogen (secondary N) is 2. The molecule has 1 amide bonds. The fraction of sp³-hybridized carbons (Fsp3) is 0.500. The van der Waals surface area contributed by atoms with Crippen LogP contribution in [0.25, 0.3) is 11.0 Å². The van der Waals surface area contributed by atoms with Gasteiger partial charge in [-0.05, 0) is 45.4 Å². The van der Waals surface area contributed by atoms with Crippen LogP contribution in [-0.2, 0) is 4.74 Å². The quantitative estimate of drug-likeness (QED) is 0.823. The standard InChI is InChI=1S/C16H22BrN3O2/c1-5-6-12(20-15(21)22-16(2,3)4)14-18-11-8-7-10(17)9-13(11)19-14/h7-9,12H,5-6H2,1-4H3,(H,18,19)(H,20,21)/t12-/m0/s1. The Balaban J connectivity index is 2.20. The molecule has 0 unspecified atom stereocenters. The van der Waals surface area contributed by atoms with E-state index in [2.05, 4.69) is 38.1 Å². The van der Waals surface area contributed by atoms with Crippen LogP contribution in [0.4, 0.5) is 4.79 Å². The van der Waals surface area contributed by atoms with E-state index in [0.29, 0.717) is 0 Å². The number of aromatic amines is 1. The summed E-state index contributed by atoms with van der Waals surface area (Å²) in [7, 11) is 0. The van der Waals surface area contributed by atoms with Gasteiger partial charge in [-0.15, -0.1) is 0 Å². The molecule has 0 spiro atoms. The van der Waals surface area contributed by atoms with E-state index in [1.807, 2.05) is 39.0 Å². The lowest BCUT2D eigenvalue weighted by Crippen LogP contribution is -2.35. The number of benzene rings is 1. The summed E-state index contributed by atoms with van der Waals surface area (Å²) in [6.07, 6.45) is 1.30. The van der Waals surface area contributed by atoms with Gasteiger partial charge in [0.2, 0.25) is 0 Å². The Hall–Kier alpha value is -1.56. The Morgan fingerprint density at radius 1 is 1.45 bits per heavy atom. The molecule has 6 heteroatoms. The van der Waals surface area contributed by atoms with Crippen LogP contribution >= 0.6 is 15.9 Å². The number of hydrogen-bond acceptors (Lipinski definition) is 3. The van der Waals surface area contributed by atoms with E-state index in [9.17, 15) is 4.79 Å². The number of amides is 1. The minimum absolute atomic E-state index is 0.189. The van der Waals surface area contributed by atoms with Gasteiger partial charge in [-0.25, -0.2) is 9.78 Å². The fourth-order valence-electron chi connectivity index (χ4n) is 2.18. The minimum Gasteiger partial charge on any atom is -0.444 e. The van der Waals surface area contributed by atoms with Gasteiger partial charge in [0.1, 0.15) is 11.4 Å². The maximum Gasteiger partial charge on any atom is 0.408 e. The molecule has 0 radical (unpaired) electrons. The summed E-state index contributed by atoms with van der Waals surface area (Å²) in [4.78, 5) is 19.9. The van der Waals surface area contributed by atoms with Crippen LogP contribution in [0.15, 0.2) is 22.7 Å². The molecule has 2 N–H and O–H groups in total. The first-order valence-corrected chi connectivity index (χ1v) is 8.22. The lowest BCUT2D eigenvalue weighted by Gasteiger charge is -2.22. The minimum atomic E-state index is -0.514. The van der Waals surface area contributed by atoms with Crippen molar-refractivity contribution in [3.63, 3.8) is 0 Å². The molecule has 0 bridgehead atoms. The van der Waals surface area contributed by atoms with Crippen molar-refractivity contribution in [2.45, 2.75) is 52.2 Å². The van der Waals surface area contributed by atoms with Gasteiger partial charge in [0, 0.05) is 4.47 Å². The largest absolute Gasteiger partial charge is 0.444 e. The van der Waals surface area contributed by atoms with Gasteiger partial charge in [-0.1, -0.05) is 29.3 Å². The Kier molecular flexibility index (Phi) is 5.11. The molecule has 1 atom stereocenters. The molecule has 0 aliphatic rings. The number of carbonyl (C=O) groups is 1. The van der Waals surface area contributed by atoms with E-state index in [1.54, 1.807) is 0 Å². The molecule has 1 aromatic heterocycles. The molecule has 120 valence electrons. The van der Waals surface area contributed by atoms with Crippen LogP contribution < -0.4 is 5.32 Å². The van der Waals surface area contributed by atoms with Crippen molar-refractivity contribution in [1.29, 1.82) is 0 Å². The molecule has 0 saturated heterocycles. The molecule has 5 nitrogen and oxygen atoms in total. The van der Waals surface area contributed by atoms with Crippen LogP contribution in [0.1, 0.15) is 52.4 Å². The SMILES string of the molecule is CCC[C@H](NC(=O)OC(C)(C)C)c1nc2ccc(Br)cc2[nH]1. The Bertz CT molecular complexity index is 661. The van der Waals surface area contributed by atoms with Crippen molar-refractivity contribution in [3.05, 3.63) is 28.5 Å². The number of rotatable bonds is 4. The number of ether oxygens (including phenoxy) is 1.